The van der Waals surface area contributed by atoms with E-state index in [1.54, 1.807) is 19.3 Å². The first-order chi connectivity index (χ1) is 16.3. The molecule has 3 aromatic rings. The lowest BCUT2D eigenvalue weighted by atomic mass is 10.0. The SMILES string of the molecule is CN/C=C(\C=N)c1cc(F)cc(CNC(=O)c2ncnc3nc(C4CC5C(C4)C5(F)F)[nH]c23)c1. The van der Waals surface area contributed by atoms with Gasteiger partial charge in [-0.05, 0) is 42.2 Å². The van der Waals surface area contributed by atoms with Crippen LogP contribution in [0.4, 0.5) is 13.2 Å². The minimum Gasteiger partial charge on any atom is -0.393 e. The van der Waals surface area contributed by atoms with E-state index in [1.807, 2.05) is 0 Å². The van der Waals surface area contributed by atoms with Gasteiger partial charge >= 0.3 is 0 Å². The first-order valence-electron chi connectivity index (χ1n) is 10.9. The highest BCUT2D eigenvalue weighted by Gasteiger charge is 2.71. The third kappa shape index (κ3) is 3.80. The van der Waals surface area contributed by atoms with Gasteiger partial charge in [-0.2, -0.15) is 0 Å². The van der Waals surface area contributed by atoms with Crippen LogP contribution in [0.5, 0.6) is 0 Å². The second-order valence-electron chi connectivity index (χ2n) is 8.66. The van der Waals surface area contributed by atoms with Gasteiger partial charge in [0, 0.05) is 49.3 Å². The summed E-state index contributed by atoms with van der Waals surface area (Å²) in [6.45, 7) is 0.0297. The average Bonchev–Trinajstić information content (AvgIpc) is 3.23. The second kappa shape index (κ2) is 8.23. The molecule has 2 aliphatic rings. The molecule has 2 unspecified atom stereocenters. The lowest BCUT2D eigenvalue weighted by Crippen LogP contribution is -2.24. The summed E-state index contributed by atoms with van der Waals surface area (Å²) in [6.07, 6.45) is 4.62. The molecule has 176 valence electrons. The lowest BCUT2D eigenvalue weighted by Gasteiger charge is -2.10. The second-order valence-corrected chi connectivity index (χ2v) is 8.66. The molecule has 0 aliphatic heterocycles. The van der Waals surface area contributed by atoms with Crippen LogP contribution in [0.2, 0.25) is 0 Å². The van der Waals surface area contributed by atoms with Crippen molar-refractivity contribution in [2.75, 3.05) is 7.05 Å². The maximum Gasteiger partial charge on any atom is 0.272 e. The molecule has 2 aromatic heterocycles. The van der Waals surface area contributed by atoms with Crippen LogP contribution in [0.3, 0.4) is 0 Å². The molecule has 11 heteroatoms. The van der Waals surface area contributed by atoms with Crippen molar-refractivity contribution in [2.45, 2.75) is 31.2 Å². The first-order valence-corrected chi connectivity index (χ1v) is 10.9. The van der Waals surface area contributed by atoms with Crippen molar-refractivity contribution < 1.29 is 18.0 Å². The summed E-state index contributed by atoms with van der Waals surface area (Å²) < 4.78 is 41.2. The highest BCUT2D eigenvalue weighted by Crippen LogP contribution is 2.67. The summed E-state index contributed by atoms with van der Waals surface area (Å²) in [6, 6.07) is 4.29. The zero-order valence-electron chi connectivity index (χ0n) is 18.2. The van der Waals surface area contributed by atoms with Crippen molar-refractivity contribution in [3.8, 4) is 0 Å². The zero-order valence-corrected chi connectivity index (χ0v) is 18.2. The van der Waals surface area contributed by atoms with Crippen molar-refractivity contribution in [2.24, 2.45) is 11.8 Å². The van der Waals surface area contributed by atoms with Crippen molar-refractivity contribution >= 4 is 28.9 Å². The molecule has 2 aliphatic carbocycles. The Balaban J connectivity index is 1.33. The van der Waals surface area contributed by atoms with Crippen LogP contribution in [0.15, 0.2) is 30.7 Å². The monoisotopic (exact) mass is 469 g/mol. The molecule has 0 bridgehead atoms. The van der Waals surface area contributed by atoms with E-state index in [0.29, 0.717) is 46.5 Å². The standard InChI is InChI=1S/C23H22F3N7O/c1-28-9-14(7-27)12-2-11(3-15(24)4-12)8-29-22(34)19-18-21(31-10-30-19)33-20(32-18)13-5-16-17(6-13)23(16,25)26/h2-4,7,9-10,13,16-17,27-28H,5-6,8H2,1H3,(H,29,34)(H,30,31,32,33)/b14-9+,27-7?. The molecule has 0 radical (unpaired) electrons. The quantitative estimate of drug-likeness (QED) is 0.396. The molecule has 0 saturated heterocycles. The summed E-state index contributed by atoms with van der Waals surface area (Å²) in [4.78, 5) is 28.5. The molecular formula is C23H22F3N7O. The topological polar surface area (TPSA) is 119 Å². The molecule has 1 aromatic carbocycles. The summed E-state index contributed by atoms with van der Waals surface area (Å²) in [5.41, 5.74) is 2.20. The van der Waals surface area contributed by atoms with Crippen LogP contribution < -0.4 is 10.6 Å². The van der Waals surface area contributed by atoms with Crippen LogP contribution >= 0.6 is 0 Å². The molecule has 34 heavy (non-hydrogen) atoms. The number of aromatic amines is 1. The number of H-pyrrole nitrogens is 1. The Morgan fingerprint density at radius 1 is 1.26 bits per heavy atom. The first kappa shape index (κ1) is 22.1. The molecule has 2 heterocycles. The number of fused-ring (bicyclic) bond motifs is 2. The van der Waals surface area contributed by atoms with Crippen LogP contribution in [-0.2, 0) is 6.54 Å². The number of rotatable bonds is 7. The number of carbonyl (C=O) groups excluding carboxylic acids is 1. The van der Waals surface area contributed by atoms with E-state index in [0.717, 1.165) is 6.21 Å². The van der Waals surface area contributed by atoms with Gasteiger partial charge in [0.15, 0.2) is 11.3 Å². The van der Waals surface area contributed by atoms with E-state index in [2.05, 4.69) is 30.6 Å². The Bertz CT molecular complexity index is 1310. The van der Waals surface area contributed by atoms with Gasteiger partial charge in [-0.25, -0.2) is 28.1 Å². The Kier molecular flexibility index (Phi) is 5.34. The Hall–Kier alpha value is -3.76. The number of hydrogen-bond donors (Lipinski definition) is 4. The molecule has 2 saturated carbocycles. The zero-order chi connectivity index (χ0) is 24.0. The fraction of sp³-hybridized carbons (Fsp3) is 0.348. The Morgan fingerprint density at radius 3 is 2.74 bits per heavy atom. The van der Waals surface area contributed by atoms with Crippen LogP contribution in [0.25, 0.3) is 16.7 Å². The minimum absolute atomic E-state index is 0.0297. The molecule has 2 fully saturated rings. The number of halogens is 3. The minimum atomic E-state index is -2.56. The molecule has 1 amide bonds. The summed E-state index contributed by atoms with van der Waals surface area (Å²) in [5.74, 6) is -4.33. The predicted octanol–water partition coefficient (Wildman–Crippen LogP) is 3.39. The Morgan fingerprint density at radius 2 is 2.03 bits per heavy atom. The van der Waals surface area contributed by atoms with Crippen molar-refractivity contribution in [1.29, 1.82) is 5.41 Å². The largest absolute Gasteiger partial charge is 0.393 e. The summed E-state index contributed by atoms with van der Waals surface area (Å²) >= 11 is 0. The number of hydrogen-bond acceptors (Lipinski definition) is 6. The lowest BCUT2D eigenvalue weighted by molar-refractivity contribution is 0.0691. The Labute approximate surface area is 192 Å². The number of nitrogens with zero attached hydrogens (tertiary/aromatic N) is 3. The van der Waals surface area contributed by atoms with Gasteiger partial charge in [0.05, 0.1) is 0 Å². The summed E-state index contributed by atoms with van der Waals surface area (Å²) in [7, 11) is 1.68. The molecule has 8 nitrogen and oxygen atoms in total. The highest BCUT2D eigenvalue weighted by atomic mass is 19.3. The highest BCUT2D eigenvalue weighted by molar-refractivity contribution is 6.08. The van der Waals surface area contributed by atoms with Gasteiger partial charge < -0.3 is 21.0 Å². The molecular weight excluding hydrogens is 447 g/mol. The number of alkyl halides is 2. The number of carbonyl (C=O) groups is 1. The average molecular weight is 469 g/mol. The van der Waals surface area contributed by atoms with E-state index < -0.39 is 29.5 Å². The summed E-state index contributed by atoms with van der Waals surface area (Å²) in [5, 5.41) is 13.0. The van der Waals surface area contributed by atoms with Crippen LogP contribution in [0.1, 0.15) is 46.2 Å². The van der Waals surface area contributed by atoms with Gasteiger partial charge in [-0.1, -0.05) is 0 Å². The van der Waals surface area contributed by atoms with Crippen LogP contribution in [0, 0.1) is 23.1 Å². The van der Waals surface area contributed by atoms with Gasteiger partial charge in [0.2, 0.25) is 0 Å². The van der Waals surface area contributed by atoms with Gasteiger partial charge in [0.25, 0.3) is 11.8 Å². The third-order valence-corrected chi connectivity index (χ3v) is 6.55. The number of nitrogens with one attached hydrogen (secondary N) is 4. The number of allylic oxidation sites excluding steroid dienone is 1. The maximum atomic E-state index is 14.1. The number of imidazole rings is 1. The fourth-order valence-electron chi connectivity index (χ4n) is 4.80. The van der Waals surface area contributed by atoms with Gasteiger partial charge in [0.1, 0.15) is 23.5 Å². The smallest absolute Gasteiger partial charge is 0.272 e. The molecule has 0 spiro atoms. The van der Waals surface area contributed by atoms with E-state index in [-0.39, 0.29) is 18.2 Å². The van der Waals surface area contributed by atoms with E-state index in [9.17, 15) is 18.0 Å². The van der Waals surface area contributed by atoms with E-state index >= 15 is 0 Å². The van der Waals surface area contributed by atoms with E-state index in [4.69, 9.17) is 5.41 Å². The molecule has 5 rings (SSSR count). The normalized spacial score (nSPS) is 22.9. The van der Waals surface area contributed by atoms with Gasteiger partial charge in [-0.3, -0.25) is 4.79 Å². The maximum absolute atomic E-state index is 14.1. The number of aromatic nitrogens is 4. The fourth-order valence-corrected chi connectivity index (χ4v) is 4.80. The van der Waals surface area contributed by atoms with Crippen molar-refractivity contribution in [3.05, 3.63) is 59.2 Å². The molecule has 2 atom stereocenters. The number of amides is 1. The van der Waals surface area contributed by atoms with Crippen molar-refractivity contribution in [1.82, 2.24) is 30.6 Å². The van der Waals surface area contributed by atoms with Crippen molar-refractivity contribution in [3.63, 3.8) is 0 Å². The number of benzene rings is 1. The van der Waals surface area contributed by atoms with Gasteiger partial charge in [-0.15, -0.1) is 0 Å². The third-order valence-electron chi connectivity index (χ3n) is 6.55. The molecule has 4 N–H and O–H groups in total. The van der Waals surface area contributed by atoms with Crippen LogP contribution in [-0.4, -0.2) is 45.0 Å². The predicted molar refractivity (Wildman–Crippen MR) is 119 cm³/mol. The van der Waals surface area contributed by atoms with E-state index in [1.165, 1.54) is 18.5 Å².